The number of terminal acetylenes is 1. The van der Waals surface area contributed by atoms with E-state index in [1.165, 1.54) is 14.2 Å². The van der Waals surface area contributed by atoms with Crippen LogP contribution < -0.4 is 0 Å². The van der Waals surface area contributed by atoms with Gasteiger partial charge in [0, 0.05) is 5.41 Å². The lowest BCUT2D eigenvalue weighted by Crippen LogP contribution is -2.38. The average Bonchev–Trinajstić information content (AvgIpc) is 2.17. The van der Waals surface area contributed by atoms with Gasteiger partial charge < -0.3 is 9.47 Å². The first-order valence-corrected chi connectivity index (χ1v) is 4.04. The monoisotopic (exact) mass is 198 g/mol. The number of rotatable bonds is 3. The van der Waals surface area contributed by atoms with Crippen molar-refractivity contribution in [3.63, 3.8) is 0 Å². The number of carbonyl (C=O) groups is 2. The van der Waals surface area contributed by atoms with E-state index in [4.69, 9.17) is 6.42 Å². The van der Waals surface area contributed by atoms with Crippen LogP contribution in [0.5, 0.6) is 0 Å². The van der Waals surface area contributed by atoms with Crippen LogP contribution in [0.1, 0.15) is 13.8 Å². The van der Waals surface area contributed by atoms with Crippen molar-refractivity contribution in [1.82, 2.24) is 0 Å². The predicted octanol–water partition coefficient (Wildman–Crippen LogP) is 0.608. The van der Waals surface area contributed by atoms with Crippen molar-refractivity contribution in [2.75, 3.05) is 14.2 Å². The van der Waals surface area contributed by atoms with Crippen LogP contribution in [0.4, 0.5) is 0 Å². The Balaban J connectivity index is 5.03. The molecule has 0 aliphatic carbocycles. The minimum Gasteiger partial charge on any atom is -0.468 e. The van der Waals surface area contributed by atoms with Gasteiger partial charge in [0.15, 0.2) is 5.92 Å². The molecule has 4 heteroatoms. The zero-order chi connectivity index (χ0) is 11.4. The van der Waals surface area contributed by atoms with Crippen molar-refractivity contribution < 1.29 is 19.1 Å². The zero-order valence-corrected chi connectivity index (χ0v) is 8.79. The molecule has 0 bridgehead atoms. The maximum Gasteiger partial charge on any atom is 0.321 e. The maximum absolute atomic E-state index is 11.3. The Morgan fingerprint density at radius 2 is 1.57 bits per heavy atom. The number of carbonyl (C=O) groups excluding carboxylic acids is 2. The third kappa shape index (κ3) is 2.49. The lowest BCUT2D eigenvalue weighted by atomic mass is 9.79. The summed E-state index contributed by atoms with van der Waals surface area (Å²) in [6, 6.07) is 0. The highest BCUT2D eigenvalue weighted by Crippen LogP contribution is 2.27. The molecule has 0 spiro atoms. The van der Waals surface area contributed by atoms with Crippen LogP contribution in [0.15, 0.2) is 0 Å². The van der Waals surface area contributed by atoms with E-state index >= 15 is 0 Å². The molecule has 0 amide bonds. The Labute approximate surface area is 83.6 Å². The third-order valence-electron chi connectivity index (χ3n) is 1.97. The highest BCUT2D eigenvalue weighted by molar-refractivity contribution is 5.96. The van der Waals surface area contributed by atoms with E-state index in [9.17, 15) is 9.59 Å². The minimum absolute atomic E-state index is 0.681. The quantitative estimate of drug-likeness (QED) is 0.379. The topological polar surface area (TPSA) is 52.6 Å². The Bertz CT molecular complexity index is 256. The van der Waals surface area contributed by atoms with Crippen LogP contribution in [0.3, 0.4) is 0 Å². The summed E-state index contributed by atoms with van der Waals surface area (Å²) in [5.74, 6) is -0.0723. The molecule has 0 aliphatic heterocycles. The van der Waals surface area contributed by atoms with E-state index in [1.54, 1.807) is 13.8 Å². The summed E-state index contributed by atoms with van der Waals surface area (Å²) < 4.78 is 8.98. The molecule has 0 N–H and O–H groups in total. The van der Waals surface area contributed by atoms with Gasteiger partial charge in [-0.05, 0) is 13.8 Å². The highest BCUT2D eigenvalue weighted by Gasteiger charge is 2.41. The lowest BCUT2D eigenvalue weighted by Gasteiger charge is -2.24. The van der Waals surface area contributed by atoms with Gasteiger partial charge in [-0.25, -0.2) is 0 Å². The van der Waals surface area contributed by atoms with E-state index < -0.39 is 23.3 Å². The molecule has 14 heavy (non-hydrogen) atoms. The van der Waals surface area contributed by atoms with Gasteiger partial charge in [-0.2, -0.15) is 0 Å². The van der Waals surface area contributed by atoms with Crippen molar-refractivity contribution in [3.8, 4) is 12.3 Å². The molecule has 0 atom stereocenters. The number of ether oxygens (including phenoxy) is 2. The van der Waals surface area contributed by atoms with Crippen LogP contribution in [-0.4, -0.2) is 26.2 Å². The molecular formula is C10H14O4. The summed E-state index contributed by atoms with van der Waals surface area (Å²) in [4.78, 5) is 22.6. The Morgan fingerprint density at radius 1 is 1.21 bits per heavy atom. The zero-order valence-electron chi connectivity index (χ0n) is 8.79. The van der Waals surface area contributed by atoms with E-state index in [0.717, 1.165) is 0 Å². The standard InChI is InChI=1S/C10H14O4/c1-6-10(2,3)7(8(11)13-4)9(12)14-5/h1,7H,2-5H3. The predicted molar refractivity (Wildman–Crippen MR) is 50.1 cm³/mol. The fourth-order valence-electron chi connectivity index (χ4n) is 1.00. The molecule has 0 aliphatic rings. The van der Waals surface area contributed by atoms with Gasteiger partial charge in [0.1, 0.15) is 0 Å². The summed E-state index contributed by atoms with van der Waals surface area (Å²) >= 11 is 0. The second-order valence-electron chi connectivity index (χ2n) is 3.35. The summed E-state index contributed by atoms with van der Waals surface area (Å²) in [6.07, 6.45) is 5.23. The van der Waals surface area contributed by atoms with Crippen LogP contribution in [0.25, 0.3) is 0 Å². The van der Waals surface area contributed by atoms with E-state index in [1.807, 2.05) is 0 Å². The van der Waals surface area contributed by atoms with Crippen molar-refractivity contribution in [2.24, 2.45) is 11.3 Å². The van der Waals surface area contributed by atoms with Crippen LogP contribution in [0.2, 0.25) is 0 Å². The molecule has 0 saturated heterocycles. The van der Waals surface area contributed by atoms with Gasteiger partial charge >= 0.3 is 11.9 Å². The Morgan fingerprint density at radius 3 is 1.79 bits per heavy atom. The molecule has 0 heterocycles. The summed E-state index contributed by atoms with van der Waals surface area (Å²) in [5.41, 5.74) is -0.916. The van der Waals surface area contributed by atoms with E-state index in [2.05, 4.69) is 15.4 Å². The van der Waals surface area contributed by atoms with Crippen LogP contribution in [-0.2, 0) is 19.1 Å². The lowest BCUT2D eigenvalue weighted by molar-refractivity contribution is -0.162. The molecule has 0 rings (SSSR count). The van der Waals surface area contributed by atoms with Crippen molar-refractivity contribution >= 4 is 11.9 Å². The van der Waals surface area contributed by atoms with Crippen molar-refractivity contribution in [2.45, 2.75) is 13.8 Å². The summed E-state index contributed by atoms with van der Waals surface area (Å²) in [6.45, 7) is 3.21. The van der Waals surface area contributed by atoms with Gasteiger partial charge in [-0.3, -0.25) is 9.59 Å². The molecule has 0 aromatic rings. The molecule has 0 aromatic heterocycles. The van der Waals surface area contributed by atoms with Gasteiger partial charge in [-0.15, -0.1) is 6.42 Å². The van der Waals surface area contributed by atoms with Gasteiger partial charge in [0.2, 0.25) is 0 Å². The number of hydrogen-bond donors (Lipinski definition) is 0. The SMILES string of the molecule is C#CC(C)(C)C(C(=O)OC)C(=O)OC. The summed E-state index contributed by atoms with van der Waals surface area (Å²) in [7, 11) is 2.40. The third-order valence-corrected chi connectivity index (χ3v) is 1.97. The Hall–Kier alpha value is -1.50. The molecule has 0 saturated carbocycles. The fourth-order valence-corrected chi connectivity index (χ4v) is 1.00. The smallest absolute Gasteiger partial charge is 0.321 e. The molecule has 0 fully saturated rings. The number of esters is 2. The largest absolute Gasteiger partial charge is 0.468 e. The first kappa shape index (κ1) is 12.5. The van der Waals surface area contributed by atoms with Crippen LogP contribution >= 0.6 is 0 Å². The fraction of sp³-hybridized carbons (Fsp3) is 0.600. The second-order valence-corrected chi connectivity index (χ2v) is 3.35. The van der Waals surface area contributed by atoms with Crippen molar-refractivity contribution in [1.29, 1.82) is 0 Å². The number of methoxy groups -OCH3 is 2. The molecule has 4 nitrogen and oxygen atoms in total. The second kappa shape index (κ2) is 4.66. The van der Waals surface area contributed by atoms with E-state index in [-0.39, 0.29) is 0 Å². The molecule has 0 unspecified atom stereocenters. The van der Waals surface area contributed by atoms with Gasteiger partial charge in [0.05, 0.1) is 14.2 Å². The highest BCUT2D eigenvalue weighted by atomic mass is 16.5. The van der Waals surface area contributed by atoms with Gasteiger partial charge in [-0.1, -0.05) is 5.92 Å². The average molecular weight is 198 g/mol. The summed E-state index contributed by atoms with van der Waals surface area (Å²) in [5, 5.41) is 0. The van der Waals surface area contributed by atoms with Crippen molar-refractivity contribution in [3.05, 3.63) is 0 Å². The Kier molecular flexibility index (Phi) is 4.16. The molecule has 0 radical (unpaired) electrons. The van der Waals surface area contributed by atoms with Crippen LogP contribution in [0, 0.1) is 23.7 Å². The molecule has 78 valence electrons. The van der Waals surface area contributed by atoms with Gasteiger partial charge in [0.25, 0.3) is 0 Å². The molecular weight excluding hydrogens is 184 g/mol. The number of hydrogen-bond acceptors (Lipinski definition) is 4. The normalized spacial score (nSPS) is 10.6. The minimum atomic E-state index is -1.08. The molecule has 0 aromatic carbocycles. The first-order chi connectivity index (χ1) is 6.40. The van der Waals surface area contributed by atoms with E-state index in [0.29, 0.717) is 0 Å². The maximum atomic E-state index is 11.3. The first-order valence-electron chi connectivity index (χ1n) is 4.04.